The summed E-state index contributed by atoms with van der Waals surface area (Å²) in [5.41, 5.74) is 0. The summed E-state index contributed by atoms with van der Waals surface area (Å²) in [4.78, 5) is 26.2. The molecule has 0 saturated carbocycles. The van der Waals surface area contributed by atoms with Crippen molar-refractivity contribution in [1.29, 1.82) is 0 Å². The van der Waals surface area contributed by atoms with Crippen molar-refractivity contribution >= 4 is 11.9 Å². The highest BCUT2D eigenvalue weighted by atomic mass is 16.5. The maximum atomic E-state index is 13.2. The Bertz CT molecular complexity index is 955. The van der Waals surface area contributed by atoms with Gasteiger partial charge in [0.25, 0.3) is 0 Å². The van der Waals surface area contributed by atoms with Crippen LogP contribution < -0.4 is 5.32 Å². The van der Waals surface area contributed by atoms with Crippen LogP contribution in [0.25, 0.3) is 0 Å². The summed E-state index contributed by atoms with van der Waals surface area (Å²) in [6.07, 6.45) is 58.4. The van der Waals surface area contributed by atoms with Gasteiger partial charge in [0.2, 0.25) is 5.91 Å². The van der Waals surface area contributed by atoms with Crippen molar-refractivity contribution in [2.45, 2.75) is 334 Å². The number of ether oxygens (including phenoxy) is 1. The highest BCUT2D eigenvalue weighted by Gasteiger charge is 2.24. The van der Waals surface area contributed by atoms with Crippen LogP contribution in [0.15, 0.2) is 12.2 Å². The van der Waals surface area contributed by atoms with Crippen LogP contribution in [0, 0.1) is 0 Å². The van der Waals surface area contributed by atoms with E-state index < -0.39 is 18.2 Å². The first-order valence-corrected chi connectivity index (χ1v) is 28.4. The zero-order valence-corrected chi connectivity index (χ0v) is 42.7. The van der Waals surface area contributed by atoms with Crippen LogP contribution in [-0.2, 0) is 14.3 Å². The summed E-state index contributed by atoms with van der Waals surface area (Å²) < 4.78 is 5.96. The van der Waals surface area contributed by atoms with Gasteiger partial charge in [-0.3, -0.25) is 9.59 Å². The number of unbranched alkanes of at least 4 members (excludes halogenated alkanes) is 38. The molecule has 1 amide bonds. The second-order valence-electron chi connectivity index (χ2n) is 19.7. The highest BCUT2D eigenvalue weighted by Crippen LogP contribution is 2.19. The van der Waals surface area contributed by atoms with Gasteiger partial charge in [0, 0.05) is 6.42 Å². The van der Waals surface area contributed by atoms with Gasteiger partial charge in [-0.05, 0) is 51.4 Å². The molecule has 0 aliphatic heterocycles. The number of allylic oxidation sites excluding steroid dienone is 2. The molecule has 6 heteroatoms. The minimum absolute atomic E-state index is 0.0821. The Morgan fingerprint density at radius 1 is 0.444 bits per heavy atom. The molecule has 3 atom stereocenters. The van der Waals surface area contributed by atoms with Crippen LogP contribution in [0.5, 0.6) is 0 Å². The fraction of sp³-hybridized carbons (Fsp3) is 0.930. The maximum absolute atomic E-state index is 13.2. The molecule has 0 spiro atoms. The SMILES string of the molecule is CCCCCCCCC/C=C/CCCCCCCC(=O)OC(CCCCCCCCCCCCCCCCC)CC(=O)NC(CO)C(O)CCCCCCCCCCCCCCC. The van der Waals surface area contributed by atoms with Crippen molar-refractivity contribution in [3.63, 3.8) is 0 Å². The molecule has 0 aromatic carbocycles. The quantitative estimate of drug-likeness (QED) is 0.0321. The van der Waals surface area contributed by atoms with Crippen LogP contribution in [0.3, 0.4) is 0 Å². The maximum Gasteiger partial charge on any atom is 0.306 e. The lowest BCUT2D eigenvalue weighted by atomic mass is 10.0. The Morgan fingerprint density at radius 2 is 0.762 bits per heavy atom. The molecule has 0 heterocycles. The molecule has 63 heavy (non-hydrogen) atoms. The molecular weight excluding hydrogens is 779 g/mol. The van der Waals surface area contributed by atoms with Gasteiger partial charge in [-0.15, -0.1) is 0 Å². The van der Waals surface area contributed by atoms with Crippen LogP contribution in [0.1, 0.15) is 316 Å². The molecule has 0 bridgehead atoms. The van der Waals surface area contributed by atoms with Gasteiger partial charge < -0.3 is 20.3 Å². The van der Waals surface area contributed by atoms with Gasteiger partial charge in [-0.2, -0.15) is 0 Å². The van der Waals surface area contributed by atoms with Gasteiger partial charge in [0.15, 0.2) is 0 Å². The zero-order chi connectivity index (χ0) is 45.9. The summed E-state index contributed by atoms with van der Waals surface area (Å²) in [5.74, 6) is -0.461. The Labute approximate surface area is 393 Å². The number of aliphatic hydroxyl groups excluding tert-OH is 2. The lowest BCUT2D eigenvalue weighted by Crippen LogP contribution is -2.46. The summed E-state index contributed by atoms with van der Waals surface area (Å²) in [7, 11) is 0. The molecule has 6 nitrogen and oxygen atoms in total. The molecule has 3 N–H and O–H groups in total. The monoisotopic (exact) mass is 890 g/mol. The van der Waals surface area contributed by atoms with E-state index in [0.29, 0.717) is 19.3 Å². The van der Waals surface area contributed by atoms with Crippen molar-refractivity contribution in [2.24, 2.45) is 0 Å². The third-order valence-corrected chi connectivity index (χ3v) is 13.3. The smallest absolute Gasteiger partial charge is 0.306 e. The molecule has 0 fully saturated rings. The second kappa shape index (κ2) is 51.6. The van der Waals surface area contributed by atoms with Crippen LogP contribution in [-0.4, -0.2) is 46.9 Å². The average molecular weight is 891 g/mol. The lowest BCUT2D eigenvalue weighted by Gasteiger charge is -2.24. The molecular formula is C57H111NO5. The van der Waals surface area contributed by atoms with E-state index in [4.69, 9.17) is 4.74 Å². The number of amides is 1. The van der Waals surface area contributed by atoms with E-state index in [9.17, 15) is 19.8 Å². The predicted octanol–water partition coefficient (Wildman–Crippen LogP) is 17.3. The van der Waals surface area contributed by atoms with Crippen LogP contribution in [0.2, 0.25) is 0 Å². The first-order chi connectivity index (χ1) is 31.0. The van der Waals surface area contributed by atoms with Crippen molar-refractivity contribution in [3.8, 4) is 0 Å². The van der Waals surface area contributed by atoms with E-state index in [-0.39, 0.29) is 24.9 Å². The molecule has 0 saturated heterocycles. The minimum Gasteiger partial charge on any atom is -0.462 e. The summed E-state index contributed by atoms with van der Waals surface area (Å²) in [6, 6.07) is -0.697. The van der Waals surface area contributed by atoms with Crippen molar-refractivity contribution < 1.29 is 24.5 Å². The van der Waals surface area contributed by atoms with Gasteiger partial charge in [0.05, 0.1) is 25.2 Å². The summed E-state index contributed by atoms with van der Waals surface area (Å²) in [6.45, 7) is 6.52. The second-order valence-corrected chi connectivity index (χ2v) is 19.7. The molecule has 0 radical (unpaired) electrons. The molecule has 0 aliphatic carbocycles. The first-order valence-electron chi connectivity index (χ1n) is 28.4. The number of aliphatic hydroxyl groups is 2. The van der Waals surface area contributed by atoms with E-state index >= 15 is 0 Å². The fourth-order valence-corrected chi connectivity index (χ4v) is 9.02. The molecule has 0 aromatic heterocycles. The number of hydrogen-bond acceptors (Lipinski definition) is 5. The largest absolute Gasteiger partial charge is 0.462 e. The van der Waals surface area contributed by atoms with E-state index in [0.717, 1.165) is 51.4 Å². The predicted molar refractivity (Wildman–Crippen MR) is 273 cm³/mol. The van der Waals surface area contributed by atoms with Gasteiger partial charge in [-0.25, -0.2) is 0 Å². The fourth-order valence-electron chi connectivity index (χ4n) is 9.02. The van der Waals surface area contributed by atoms with Crippen molar-refractivity contribution in [3.05, 3.63) is 12.2 Å². The number of hydrogen-bond donors (Lipinski definition) is 3. The highest BCUT2D eigenvalue weighted by molar-refractivity contribution is 5.77. The Morgan fingerprint density at radius 3 is 1.13 bits per heavy atom. The summed E-state index contributed by atoms with van der Waals surface area (Å²) >= 11 is 0. The van der Waals surface area contributed by atoms with E-state index in [1.54, 1.807) is 0 Å². The zero-order valence-electron chi connectivity index (χ0n) is 42.7. The third-order valence-electron chi connectivity index (χ3n) is 13.3. The van der Waals surface area contributed by atoms with Crippen molar-refractivity contribution in [1.82, 2.24) is 5.32 Å². The number of esters is 1. The van der Waals surface area contributed by atoms with Crippen molar-refractivity contribution in [2.75, 3.05) is 6.61 Å². The number of rotatable bonds is 52. The molecule has 374 valence electrons. The van der Waals surface area contributed by atoms with Crippen LogP contribution in [0.4, 0.5) is 0 Å². The normalized spacial score (nSPS) is 13.2. The average Bonchev–Trinajstić information content (AvgIpc) is 3.28. The molecule has 0 aliphatic rings. The number of carbonyl (C=O) groups is 2. The minimum atomic E-state index is -0.783. The topological polar surface area (TPSA) is 95.9 Å². The van der Waals surface area contributed by atoms with Crippen LogP contribution >= 0.6 is 0 Å². The van der Waals surface area contributed by atoms with Gasteiger partial charge in [-0.1, -0.05) is 264 Å². The molecule has 0 rings (SSSR count). The molecule has 0 aromatic rings. The van der Waals surface area contributed by atoms with Gasteiger partial charge >= 0.3 is 5.97 Å². The van der Waals surface area contributed by atoms with E-state index in [1.165, 1.54) is 218 Å². The number of nitrogens with one attached hydrogen (secondary N) is 1. The standard InChI is InChI=1S/C57H111NO5/c1-4-7-10-13-16-19-22-25-27-29-32-35-38-41-44-47-50-57(62)63-53(48-45-42-39-36-33-31-28-26-23-20-17-14-11-8-5-2)51-56(61)58-54(52-59)55(60)49-46-43-40-37-34-30-24-21-18-15-12-9-6-3/h27,29,53-55,59-60H,4-26,28,30-52H2,1-3H3,(H,58,61)/b29-27+. The summed E-state index contributed by atoms with van der Waals surface area (Å²) in [5, 5.41) is 23.8. The number of carbonyl (C=O) groups excluding carboxylic acids is 2. The lowest BCUT2D eigenvalue weighted by molar-refractivity contribution is -0.151. The molecule has 3 unspecified atom stereocenters. The third kappa shape index (κ3) is 46.9. The Hall–Kier alpha value is -1.40. The van der Waals surface area contributed by atoms with E-state index in [2.05, 4.69) is 38.2 Å². The van der Waals surface area contributed by atoms with E-state index in [1.807, 2.05) is 0 Å². The Kier molecular flexibility index (Phi) is 50.4. The van der Waals surface area contributed by atoms with Gasteiger partial charge in [0.1, 0.15) is 6.10 Å². The Balaban J connectivity index is 4.53. The first kappa shape index (κ1) is 61.6.